The van der Waals surface area contributed by atoms with E-state index in [1.165, 1.54) is 12.3 Å². The Morgan fingerprint density at radius 2 is 2.20 bits per heavy atom. The van der Waals surface area contributed by atoms with Crippen molar-refractivity contribution in [3.63, 3.8) is 0 Å². The van der Waals surface area contributed by atoms with Crippen LogP contribution in [0, 0.1) is 6.92 Å². The Morgan fingerprint density at radius 1 is 1.45 bits per heavy atom. The van der Waals surface area contributed by atoms with Gasteiger partial charge in [0.2, 0.25) is 10.0 Å². The first-order valence-corrected chi connectivity index (χ1v) is 7.55. The van der Waals surface area contributed by atoms with E-state index in [4.69, 9.17) is 5.73 Å². The highest BCUT2D eigenvalue weighted by Gasteiger charge is 2.18. The van der Waals surface area contributed by atoms with E-state index in [-0.39, 0.29) is 18.0 Å². The molecular weight excluding hydrogens is 278 g/mol. The second-order valence-corrected chi connectivity index (χ2v) is 6.09. The second kappa shape index (κ2) is 5.70. The molecule has 0 amide bonds. The minimum absolute atomic E-state index is 0.0724. The molecule has 7 nitrogen and oxygen atoms in total. The maximum absolute atomic E-state index is 12.3. The largest absolute Gasteiger partial charge is 0.325 e. The van der Waals surface area contributed by atoms with Crippen LogP contribution in [-0.2, 0) is 30.2 Å². The molecule has 0 radical (unpaired) electrons. The predicted molar refractivity (Wildman–Crippen MR) is 74.1 cm³/mol. The quantitative estimate of drug-likeness (QED) is 0.812. The van der Waals surface area contributed by atoms with Gasteiger partial charge in [0.15, 0.2) is 0 Å². The highest BCUT2D eigenvalue weighted by Crippen LogP contribution is 2.13. The molecule has 0 saturated carbocycles. The molecule has 0 unspecified atom stereocenters. The molecule has 3 N–H and O–H groups in total. The zero-order chi connectivity index (χ0) is 14.8. The monoisotopic (exact) mass is 295 g/mol. The molecule has 0 saturated heterocycles. The molecule has 0 aliphatic carbocycles. The molecule has 8 heteroatoms. The molecule has 20 heavy (non-hydrogen) atoms. The second-order valence-electron chi connectivity index (χ2n) is 4.36. The molecule has 0 spiro atoms. The van der Waals surface area contributed by atoms with Crippen molar-refractivity contribution in [2.75, 3.05) is 0 Å². The Kier molecular flexibility index (Phi) is 4.17. The Hall–Kier alpha value is -1.77. The van der Waals surface area contributed by atoms with Gasteiger partial charge in [0.25, 0.3) is 0 Å². The number of hydrogen-bond acceptors (Lipinski definition) is 5. The van der Waals surface area contributed by atoms with Crippen molar-refractivity contribution in [1.29, 1.82) is 0 Å². The van der Waals surface area contributed by atoms with Gasteiger partial charge in [0.1, 0.15) is 4.90 Å². The van der Waals surface area contributed by atoms with Crippen LogP contribution in [0.5, 0.6) is 0 Å². The number of rotatable bonds is 5. The third kappa shape index (κ3) is 2.87. The van der Waals surface area contributed by atoms with Gasteiger partial charge < -0.3 is 5.73 Å². The molecule has 2 heterocycles. The molecule has 0 bridgehead atoms. The minimum Gasteiger partial charge on any atom is -0.325 e. The van der Waals surface area contributed by atoms with Crippen LogP contribution < -0.4 is 10.5 Å². The summed E-state index contributed by atoms with van der Waals surface area (Å²) < 4.78 is 28.8. The van der Waals surface area contributed by atoms with Crippen LogP contribution in [0.4, 0.5) is 0 Å². The average molecular weight is 295 g/mol. The van der Waals surface area contributed by atoms with E-state index >= 15 is 0 Å². The van der Waals surface area contributed by atoms with Crippen molar-refractivity contribution < 1.29 is 8.42 Å². The van der Waals surface area contributed by atoms with Gasteiger partial charge in [-0.3, -0.25) is 9.67 Å². The van der Waals surface area contributed by atoms with Crippen LogP contribution in [0.15, 0.2) is 29.4 Å². The summed E-state index contributed by atoms with van der Waals surface area (Å²) in [6.45, 7) is 2.13. The fourth-order valence-corrected chi connectivity index (χ4v) is 2.99. The molecule has 0 atom stereocenters. The van der Waals surface area contributed by atoms with E-state index in [1.807, 2.05) is 6.92 Å². The fraction of sp³-hybridized carbons (Fsp3) is 0.333. The van der Waals surface area contributed by atoms with Gasteiger partial charge in [-0.2, -0.15) is 5.10 Å². The van der Waals surface area contributed by atoms with Crippen molar-refractivity contribution in [3.8, 4) is 0 Å². The number of nitrogens with one attached hydrogen (secondary N) is 1. The van der Waals surface area contributed by atoms with E-state index in [2.05, 4.69) is 14.8 Å². The number of pyridine rings is 1. The van der Waals surface area contributed by atoms with Gasteiger partial charge in [-0.1, -0.05) is 0 Å². The molecule has 2 aromatic rings. The predicted octanol–water partition coefficient (Wildman–Crippen LogP) is 0.0607. The van der Waals surface area contributed by atoms with Crippen LogP contribution in [0.3, 0.4) is 0 Å². The number of sulfonamides is 1. The van der Waals surface area contributed by atoms with Crippen molar-refractivity contribution in [2.45, 2.75) is 24.9 Å². The van der Waals surface area contributed by atoms with E-state index in [1.54, 1.807) is 24.0 Å². The molecule has 0 aliphatic heterocycles. The zero-order valence-corrected chi connectivity index (χ0v) is 12.2. The average Bonchev–Trinajstić information content (AvgIpc) is 2.76. The first kappa shape index (κ1) is 14.6. The van der Waals surface area contributed by atoms with Gasteiger partial charge >= 0.3 is 0 Å². The molecule has 108 valence electrons. The molecule has 2 aromatic heterocycles. The normalized spacial score (nSPS) is 11.8. The van der Waals surface area contributed by atoms with Crippen LogP contribution in [-0.4, -0.2) is 23.2 Å². The lowest BCUT2D eigenvalue weighted by atomic mass is 10.3. The van der Waals surface area contributed by atoms with E-state index < -0.39 is 10.0 Å². The van der Waals surface area contributed by atoms with Crippen molar-refractivity contribution >= 4 is 10.0 Å². The first-order chi connectivity index (χ1) is 9.45. The van der Waals surface area contributed by atoms with Crippen LogP contribution in [0.2, 0.25) is 0 Å². The third-order valence-electron chi connectivity index (χ3n) is 3.12. The summed E-state index contributed by atoms with van der Waals surface area (Å²) in [6.07, 6.45) is 3.16. The van der Waals surface area contributed by atoms with Crippen molar-refractivity contribution in [1.82, 2.24) is 19.5 Å². The standard InChI is InChI=1S/C12H17N5O2S/c1-9-10(7-15-17(9)2)8-16-20(18,19)12-4-3-5-14-11(12)6-13/h3-5,7,16H,6,8,13H2,1-2H3. The number of aromatic nitrogens is 3. The van der Waals surface area contributed by atoms with Crippen LogP contribution in [0.25, 0.3) is 0 Å². The molecule has 2 rings (SSSR count). The number of aryl methyl sites for hydroxylation is 1. The number of nitrogens with two attached hydrogens (primary N) is 1. The van der Waals surface area contributed by atoms with Gasteiger partial charge in [0.05, 0.1) is 11.9 Å². The summed E-state index contributed by atoms with van der Waals surface area (Å²) in [7, 11) is -1.83. The summed E-state index contributed by atoms with van der Waals surface area (Å²) >= 11 is 0. The highest BCUT2D eigenvalue weighted by molar-refractivity contribution is 7.89. The molecule has 0 fully saturated rings. The van der Waals surface area contributed by atoms with Gasteiger partial charge in [-0.05, 0) is 19.1 Å². The van der Waals surface area contributed by atoms with Gasteiger partial charge in [0, 0.05) is 37.6 Å². The third-order valence-corrected chi connectivity index (χ3v) is 4.60. The summed E-state index contributed by atoms with van der Waals surface area (Å²) in [5.41, 5.74) is 7.61. The van der Waals surface area contributed by atoms with E-state index in [9.17, 15) is 8.42 Å². The Bertz CT molecular complexity index is 708. The first-order valence-electron chi connectivity index (χ1n) is 6.07. The van der Waals surface area contributed by atoms with Gasteiger partial charge in [-0.15, -0.1) is 0 Å². The fourth-order valence-electron chi connectivity index (χ4n) is 1.79. The van der Waals surface area contributed by atoms with Gasteiger partial charge in [-0.25, -0.2) is 13.1 Å². The zero-order valence-electron chi connectivity index (χ0n) is 11.4. The van der Waals surface area contributed by atoms with Crippen molar-refractivity contribution in [3.05, 3.63) is 41.5 Å². The lowest BCUT2D eigenvalue weighted by Gasteiger charge is -2.09. The SMILES string of the molecule is Cc1c(CNS(=O)(=O)c2cccnc2CN)cnn1C. The Labute approximate surface area is 117 Å². The Morgan fingerprint density at radius 3 is 2.80 bits per heavy atom. The number of nitrogens with zero attached hydrogens (tertiary/aromatic N) is 3. The topological polar surface area (TPSA) is 103 Å². The molecule has 0 aromatic carbocycles. The van der Waals surface area contributed by atoms with Crippen LogP contribution in [0.1, 0.15) is 17.0 Å². The summed E-state index contributed by atoms with van der Waals surface area (Å²) in [4.78, 5) is 4.09. The molecular formula is C12H17N5O2S. The molecule has 0 aliphatic rings. The lowest BCUT2D eigenvalue weighted by Crippen LogP contribution is -2.25. The van der Waals surface area contributed by atoms with E-state index in [0.717, 1.165) is 11.3 Å². The summed E-state index contributed by atoms with van der Waals surface area (Å²) in [6, 6.07) is 3.07. The minimum atomic E-state index is -3.64. The van der Waals surface area contributed by atoms with Crippen molar-refractivity contribution in [2.24, 2.45) is 12.8 Å². The Balaban J connectivity index is 2.22. The maximum Gasteiger partial charge on any atom is 0.242 e. The smallest absolute Gasteiger partial charge is 0.242 e. The van der Waals surface area contributed by atoms with Crippen LogP contribution >= 0.6 is 0 Å². The van der Waals surface area contributed by atoms with E-state index in [0.29, 0.717) is 5.69 Å². The summed E-state index contributed by atoms with van der Waals surface area (Å²) in [5.74, 6) is 0. The highest BCUT2D eigenvalue weighted by atomic mass is 32.2. The number of hydrogen-bond donors (Lipinski definition) is 2. The maximum atomic E-state index is 12.3. The summed E-state index contributed by atoms with van der Waals surface area (Å²) in [5, 5.41) is 4.07. The lowest BCUT2D eigenvalue weighted by molar-refractivity contribution is 0.579.